The van der Waals surface area contributed by atoms with Crippen LogP contribution in [-0.4, -0.2) is 30.3 Å². The first-order valence-corrected chi connectivity index (χ1v) is 6.62. The fraction of sp³-hybridized carbons (Fsp3) is 0. The number of hydrogen-bond donors (Lipinski definition) is 1. The van der Waals surface area contributed by atoms with Gasteiger partial charge in [0, 0.05) is 11.6 Å². The number of pyridine rings is 1. The second-order valence-corrected chi connectivity index (χ2v) is 5.22. The van der Waals surface area contributed by atoms with Crippen LogP contribution in [0.4, 0.5) is 0 Å². The summed E-state index contributed by atoms with van der Waals surface area (Å²) in [5.74, 6) is -0.489. The average Bonchev–Trinajstić information content (AvgIpc) is 3.10. The summed E-state index contributed by atoms with van der Waals surface area (Å²) in [4.78, 5) is 16.3. The van der Waals surface area contributed by atoms with Crippen LogP contribution in [0.5, 0.6) is 0 Å². The molecule has 0 atom stereocenters. The van der Waals surface area contributed by atoms with Crippen molar-refractivity contribution in [2.75, 3.05) is 0 Å². The van der Waals surface area contributed by atoms with Gasteiger partial charge in [0.15, 0.2) is 5.65 Å². The zero-order chi connectivity index (χ0) is 13.7. The van der Waals surface area contributed by atoms with E-state index in [2.05, 4.69) is 15.2 Å². The molecule has 4 rings (SSSR count). The van der Waals surface area contributed by atoms with E-state index >= 15 is 0 Å². The van der Waals surface area contributed by atoms with Gasteiger partial charge in [0.1, 0.15) is 9.83 Å². The molecule has 20 heavy (non-hydrogen) atoms. The Morgan fingerprint density at radius 1 is 1.30 bits per heavy atom. The van der Waals surface area contributed by atoms with Gasteiger partial charge in [-0.05, 0) is 12.1 Å². The van der Waals surface area contributed by atoms with E-state index in [1.165, 1.54) is 17.5 Å². The molecule has 0 saturated carbocycles. The Morgan fingerprint density at radius 3 is 3.05 bits per heavy atom. The van der Waals surface area contributed by atoms with Crippen molar-refractivity contribution in [1.29, 1.82) is 0 Å². The molecular formula is C12H8N6OS. The maximum absolute atomic E-state index is 11.3. The number of nitrogens with two attached hydrogens (primary N) is 1. The Kier molecular flexibility index (Phi) is 2.15. The predicted octanol–water partition coefficient (Wildman–Crippen LogP) is 1.23. The number of hydrogen-bond acceptors (Lipinski definition) is 5. The number of amides is 1. The van der Waals surface area contributed by atoms with Crippen LogP contribution in [0.15, 0.2) is 36.9 Å². The molecule has 4 heterocycles. The highest BCUT2D eigenvalue weighted by Gasteiger charge is 2.15. The Hall–Kier alpha value is -2.74. The number of thiazole rings is 1. The zero-order valence-electron chi connectivity index (χ0n) is 10.1. The van der Waals surface area contributed by atoms with Crippen molar-refractivity contribution in [2.24, 2.45) is 5.73 Å². The van der Waals surface area contributed by atoms with E-state index in [0.29, 0.717) is 10.4 Å². The van der Waals surface area contributed by atoms with Crippen LogP contribution < -0.4 is 5.73 Å². The van der Waals surface area contributed by atoms with Crippen molar-refractivity contribution in [2.45, 2.75) is 0 Å². The first kappa shape index (κ1) is 11.1. The Balaban J connectivity index is 1.96. The third-order valence-corrected chi connectivity index (χ3v) is 4.08. The van der Waals surface area contributed by atoms with Crippen molar-refractivity contribution in [3.05, 3.63) is 42.5 Å². The monoisotopic (exact) mass is 284 g/mol. The van der Waals surface area contributed by atoms with Crippen LogP contribution in [0.3, 0.4) is 0 Å². The van der Waals surface area contributed by atoms with Gasteiger partial charge in [-0.3, -0.25) is 4.79 Å². The molecule has 0 aliphatic carbocycles. The van der Waals surface area contributed by atoms with E-state index in [1.54, 1.807) is 27.8 Å². The number of rotatable bonds is 2. The summed E-state index contributed by atoms with van der Waals surface area (Å²) in [6.45, 7) is 0. The van der Waals surface area contributed by atoms with Gasteiger partial charge in [-0.2, -0.15) is 10.2 Å². The van der Waals surface area contributed by atoms with Gasteiger partial charge in [0.2, 0.25) is 0 Å². The minimum Gasteiger partial charge on any atom is -0.365 e. The molecule has 0 unspecified atom stereocenters. The van der Waals surface area contributed by atoms with E-state index in [1.807, 2.05) is 12.1 Å². The molecule has 7 nitrogen and oxygen atoms in total. The zero-order valence-corrected chi connectivity index (χ0v) is 10.9. The standard InChI is InChI=1S/C12H8N6OS/c13-10(19)8-5-15-17-6-9(20-12(8)17)18-11-7(4-16-18)2-1-3-14-11/h1-6H,(H2,13,19). The van der Waals surface area contributed by atoms with Gasteiger partial charge < -0.3 is 5.73 Å². The molecule has 1 amide bonds. The van der Waals surface area contributed by atoms with Crippen LogP contribution in [-0.2, 0) is 0 Å². The number of aromatic nitrogens is 5. The van der Waals surface area contributed by atoms with E-state index in [9.17, 15) is 4.79 Å². The summed E-state index contributed by atoms with van der Waals surface area (Å²) in [6, 6.07) is 3.81. The molecule has 0 aliphatic heterocycles. The summed E-state index contributed by atoms with van der Waals surface area (Å²) < 4.78 is 3.34. The third-order valence-electron chi connectivity index (χ3n) is 2.99. The minimum absolute atomic E-state index is 0.408. The van der Waals surface area contributed by atoms with E-state index in [0.717, 1.165) is 16.0 Å². The van der Waals surface area contributed by atoms with Gasteiger partial charge in [-0.15, -0.1) is 0 Å². The molecule has 0 radical (unpaired) electrons. The van der Waals surface area contributed by atoms with E-state index < -0.39 is 5.91 Å². The van der Waals surface area contributed by atoms with Crippen molar-refractivity contribution >= 4 is 33.1 Å². The number of fused-ring (bicyclic) bond motifs is 2. The van der Waals surface area contributed by atoms with Crippen molar-refractivity contribution in [1.82, 2.24) is 24.4 Å². The topological polar surface area (TPSA) is 91.1 Å². The van der Waals surface area contributed by atoms with E-state index in [4.69, 9.17) is 5.73 Å². The molecule has 2 N–H and O–H groups in total. The lowest BCUT2D eigenvalue weighted by atomic mass is 10.3. The third kappa shape index (κ3) is 1.45. The largest absolute Gasteiger partial charge is 0.365 e. The van der Waals surface area contributed by atoms with Gasteiger partial charge >= 0.3 is 0 Å². The molecule has 8 heteroatoms. The van der Waals surface area contributed by atoms with Crippen molar-refractivity contribution in [3.63, 3.8) is 0 Å². The fourth-order valence-corrected chi connectivity index (χ4v) is 3.09. The summed E-state index contributed by atoms with van der Waals surface area (Å²) in [7, 11) is 0. The van der Waals surface area contributed by atoms with Crippen molar-refractivity contribution < 1.29 is 4.79 Å². The molecule has 4 aromatic rings. The van der Waals surface area contributed by atoms with Gasteiger partial charge in [-0.1, -0.05) is 11.3 Å². The summed E-state index contributed by atoms with van der Waals surface area (Å²) in [5.41, 5.74) is 6.49. The molecule has 0 spiro atoms. The SMILES string of the molecule is NC(=O)c1cnn2cc(-n3ncc4cccnc43)sc12. The first-order chi connectivity index (χ1) is 9.74. The lowest BCUT2D eigenvalue weighted by Gasteiger charge is -1.96. The quantitative estimate of drug-likeness (QED) is 0.599. The molecule has 98 valence electrons. The van der Waals surface area contributed by atoms with Gasteiger partial charge in [0.25, 0.3) is 5.91 Å². The highest BCUT2D eigenvalue weighted by molar-refractivity contribution is 7.20. The second-order valence-electron chi connectivity index (χ2n) is 4.21. The van der Waals surface area contributed by atoms with Gasteiger partial charge in [0.05, 0.1) is 24.2 Å². The normalized spacial score (nSPS) is 11.4. The summed E-state index contributed by atoms with van der Waals surface area (Å²) in [5, 5.41) is 10.2. The molecule has 0 aliphatic rings. The van der Waals surface area contributed by atoms with Gasteiger partial charge in [-0.25, -0.2) is 14.2 Å². The summed E-state index contributed by atoms with van der Waals surface area (Å²) >= 11 is 1.39. The molecule has 0 fully saturated rings. The highest BCUT2D eigenvalue weighted by atomic mass is 32.1. The first-order valence-electron chi connectivity index (χ1n) is 5.80. The second kappa shape index (κ2) is 3.87. The molecule has 4 aromatic heterocycles. The van der Waals surface area contributed by atoms with Crippen LogP contribution in [0.2, 0.25) is 0 Å². The average molecular weight is 284 g/mol. The predicted molar refractivity (Wildman–Crippen MR) is 74.0 cm³/mol. The number of carbonyl (C=O) groups excluding carboxylic acids is 1. The number of carbonyl (C=O) groups is 1. The Bertz CT molecular complexity index is 949. The fourth-order valence-electron chi connectivity index (χ4n) is 2.06. The van der Waals surface area contributed by atoms with E-state index in [-0.39, 0.29) is 0 Å². The maximum atomic E-state index is 11.3. The Labute approximate surface area is 116 Å². The van der Waals surface area contributed by atoms with Crippen LogP contribution in [0, 0.1) is 0 Å². The molecular weight excluding hydrogens is 276 g/mol. The molecule has 0 aromatic carbocycles. The number of primary amides is 1. The minimum atomic E-state index is -0.489. The maximum Gasteiger partial charge on any atom is 0.253 e. The van der Waals surface area contributed by atoms with Crippen LogP contribution >= 0.6 is 11.3 Å². The highest BCUT2D eigenvalue weighted by Crippen LogP contribution is 2.26. The smallest absolute Gasteiger partial charge is 0.253 e. The Morgan fingerprint density at radius 2 is 2.20 bits per heavy atom. The van der Waals surface area contributed by atoms with Crippen molar-refractivity contribution in [3.8, 4) is 5.00 Å². The lowest BCUT2D eigenvalue weighted by molar-refractivity contribution is 0.100. The summed E-state index contributed by atoms with van der Waals surface area (Å²) in [6.07, 6.45) is 6.73. The molecule has 0 saturated heterocycles. The lowest BCUT2D eigenvalue weighted by Crippen LogP contribution is -2.09. The van der Waals surface area contributed by atoms with Crippen LogP contribution in [0.1, 0.15) is 10.4 Å². The molecule has 0 bridgehead atoms. The van der Waals surface area contributed by atoms with Crippen LogP contribution in [0.25, 0.3) is 20.9 Å². The number of nitrogens with zero attached hydrogens (tertiary/aromatic N) is 5.